The van der Waals surface area contributed by atoms with Gasteiger partial charge in [0, 0.05) is 31.7 Å². The Hall–Kier alpha value is -1.58. The van der Waals surface area contributed by atoms with Crippen LogP contribution in [0.3, 0.4) is 0 Å². The second kappa shape index (κ2) is 8.68. The van der Waals surface area contributed by atoms with Crippen molar-refractivity contribution >= 4 is 15.8 Å². The van der Waals surface area contributed by atoms with Crippen LogP contribution in [0.5, 0.6) is 0 Å². The molecule has 1 saturated heterocycles. The molecular formula is C17H24N2O5S. The van der Waals surface area contributed by atoms with Crippen LogP contribution in [-0.4, -0.2) is 80.6 Å². The zero-order valence-corrected chi connectivity index (χ0v) is 15.0. The predicted molar refractivity (Wildman–Crippen MR) is 94.1 cm³/mol. The molecule has 1 N–H and O–H groups in total. The maximum absolute atomic E-state index is 12.6. The van der Waals surface area contributed by atoms with Crippen LogP contribution in [0.1, 0.15) is 10.4 Å². The first kappa shape index (κ1) is 19.7. The molecule has 7 nitrogen and oxygen atoms in total. The highest BCUT2D eigenvalue weighted by molar-refractivity contribution is 7.89. The van der Waals surface area contributed by atoms with E-state index in [9.17, 15) is 18.3 Å². The number of nitrogens with zero attached hydrogens (tertiary/aromatic N) is 2. The van der Waals surface area contributed by atoms with E-state index < -0.39 is 16.1 Å². The minimum Gasteiger partial charge on any atom is -0.390 e. The van der Waals surface area contributed by atoms with Gasteiger partial charge < -0.3 is 9.84 Å². The molecule has 0 radical (unpaired) electrons. The van der Waals surface area contributed by atoms with Crippen LogP contribution in [0.25, 0.3) is 0 Å². The molecule has 3 rings (SSSR count). The molecule has 2 aliphatic heterocycles. The lowest BCUT2D eigenvalue weighted by Crippen LogP contribution is -2.48. The number of aliphatic hydroxyl groups excluding tert-OH is 1. The van der Waals surface area contributed by atoms with Crippen molar-refractivity contribution in [2.24, 2.45) is 0 Å². The van der Waals surface area contributed by atoms with Crippen molar-refractivity contribution in [1.29, 1.82) is 0 Å². The second-order valence-corrected chi connectivity index (χ2v) is 7.69. The van der Waals surface area contributed by atoms with Crippen molar-refractivity contribution in [3.8, 4) is 0 Å². The minimum atomic E-state index is -3.74. The highest BCUT2D eigenvalue weighted by atomic mass is 32.2. The monoisotopic (exact) mass is 368 g/mol. The van der Waals surface area contributed by atoms with Crippen molar-refractivity contribution in [3.05, 3.63) is 43.0 Å². The molecular weight excluding hydrogens is 344 g/mol. The SMILES string of the molecule is C=C.O=C1CN(CC(O)CN2CCOCC2)S(=O)(=O)c2ccccc21. The number of ketones is 1. The Kier molecular flexibility index (Phi) is 6.86. The summed E-state index contributed by atoms with van der Waals surface area (Å²) in [6.45, 7) is 8.71. The number of benzene rings is 1. The van der Waals surface area contributed by atoms with Crippen molar-refractivity contribution in [1.82, 2.24) is 9.21 Å². The first-order chi connectivity index (χ1) is 12.0. The number of Topliss-reactive ketones (excluding diaryl/α,β-unsaturated/α-hetero) is 1. The zero-order chi connectivity index (χ0) is 18.4. The standard InChI is InChI=1S/C15H20N2O5S.C2H4/c18-12(9-16-5-7-22-8-6-16)10-17-11-14(19)13-3-1-2-4-15(13)23(17,20)21;1-2/h1-4,12,18H,5-11H2;1-2H2. The maximum Gasteiger partial charge on any atom is 0.244 e. The van der Waals surface area contributed by atoms with Gasteiger partial charge in [0.25, 0.3) is 0 Å². The average Bonchev–Trinajstić information content (AvgIpc) is 2.62. The largest absolute Gasteiger partial charge is 0.390 e. The van der Waals surface area contributed by atoms with Crippen LogP contribution >= 0.6 is 0 Å². The van der Waals surface area contributed by atoms with E-state index in [1.54, 1.807) is 12.1 Å². The molecule has 0 saturated carbocycles. The summed E-state index contributed by atoms with van der Waals surface area (Å²) < 4.78 is 31.5. The Morgan fingerprint density at radius 2 is 1.80 bits per heavy atom. The summed E-state index contributed by atoms with van der Waals surface area (Å²) in [5.74, 6) is -0.242. The average molecular weight is 368 g/mol. The highest BCUT2D eigenvalue weighted by Crippen LogP contribution is 2.26. The number of hydrogen-bond acceptors (Lipinski definition) is 6. The van der Waals surface area contributed by atoms with Gasteiger partial charge >= 0.3 is 0 Å². The van der Waals surface area contributed by atoms with E-state index in [-0.39, 0.29) is 29.3 Å². The molecule has 25 heavy (non-hydrogen) atoms. The summed E-state index contributed by atoms with van der Waals surface area (Å²) in [7, 11) is -3.74. The van der Waals surface area contributed by atoms with Gasteiger partial charge in [0.2, 0.25) is 10.0 Å². The van der Waals surface area contributed by atoms with Gasteiger partial charge in [-0.25, -0.2) is 8.42 Å². The first-order valence-electron chi connectivity index (χ1n) is 8.09. The Bertz CT molecular complexity index is 701. The minimum absolute atomic E-state index is 0.0230. The van der Waals surface area contributed by atoms with Crippen LogP contribution < -0.4 is 0 Å². The van der Waals surface area contributed by atoms with E-state index in [4.69, 9.17) is 4.74 Å². The normalized spacial score (nSPS) is 21.7. The molecule has 1 unspecified atom stereocenters. The van der Waals surface area contributed by atoms with Crippen LogP contribution in [-0.2, 0) is 14.8 Å². The summed E-state index contributed by atoms with van der Waals surface area (Å²) in [6.07, 6.45) is -0.846. The first-order valence-corrected chi connectivity index (χ1v) is 9.53. The Morgan fingerprint density at radius 1 is 1.16 bits per heavy atom. The summed E-state index contributed by atoms with van der Waals surface area (Å²) >= 11 is 0. The molecule has 2 aliphatic rings. The summed E-state index contributed by atoms with van der Waals surface area (Å²) in [5.41, 5.74) is 0.228. The van der Waals surface area contributed by atoms with Crippen molar-refractivity contribution in [2.75, 3.05) is 45.9 Å². The Labute approximate surface area is 148 Å². The number of morpholine rings is 1. The number of rotatable bonds is 4. The van der Waals surface area contributed by atoms with Crippen molar-refractivity contribution < 1.29 is 23.1 Å². The van der Waals surface area contributed by atoms with Crippen LogP contribution in [0.15, 0.2) is 42.3 Å². The molecule has 0 aromatic heterocycles. The van der Waals surface area contributed by atoms with Crippen LogP contribution in [0.4, 0.5) is 0 Å². The van der Waals surface area contributed by atoms with Gasteiger partial charge in [0.05, 0.1) is 30.8 Å². The van der Waals surface area contributed by atoms with Gasteiger partial charge in [-0.1, -0.05) is 12.1 Å². The number of sulfonamides is 1. The zero-order valence-electron chi connectivity index (χ0n) is 14.1. The fourth-order valence-electron chi connectivity index (χ4n) is 2.93. The van der Waals surface area contributed by atoms with E-state index in [2.05, 4.69) is 13.2 Å². The van der Waals surface area contributed by atoms with Crippen molar-refractivity contribution in [2.45, 2.75) is 11.0 Å². The fraction of sp³-hybridized carbons (Fsp3) is 0.471. The third-order valence-electron chi connectivity index (χ3n) is 4.11. The topological polar surface area (TPSA) is 87.2 Å². The molecule has 1 fully saturated rings. The van der Waals surface area contributed by atoms with E-state index in [1.807, 2.05) is 4.90 Å². The molecule has 2 heterocycles. The number of carbonyl (C=O) groups excluding carboxylic acids is 1. The van der Waals surface area contributed by atoms with E-state index in [0.29, 0.717) is 32.8 Å². The number of fused-ring (bicyclic) bond motifs is 1. The lowest BCUT2D eigenvalue weighted by molar-refractivity contribution is 0.0116. The second-order valence-electron chi connectivity index (χ2n) is 5.78. The van der Waals surface area contributed by atoms with E-state index in [0.717, 1.165) is 4.31 Å². The summed E-state index contributed by atoms with van der Waals surface area (Å²) in [4.78, 5) is 14.2. The van der Waals surface area contributed by atoms with Crippen LogP contribution in [0.2, 0.25) is 0 Å². The van der Waals surface area contributed by atoms with E-state index in [1.165, 1.54) is 12.1 Å². The molecule has 0 bridgehead atoms. The molecule has 0 amide bonds. The Balaban J connectivity index is 0.00000109. The van der Waals surface area contributed by atoms with E-state index >= 15 is 0 Å². The number of β-amino-alcohol motifs (C(OH)–C–C–N with tert-alkyl or cyclic N) is 1. The molecule has 0 spiro atoms. The molecule has 1 aromatic rings. The number of hydrogen-bond donors (Lipinski definition) is 1. The quantitative estimate of drug-likeness (QED) is 0.773. The lowest BCUT2D eigenvalue weighted by Gasteiger charge is -2.32. The molecule has 0 aliphatic carbocycles. The van der Waals surface area contributed by atoms with Crippen LogP contribution in [0, 0.1) is 0 Å². The smallest absolute Gasteiger partial charge is 0.244 e. The lowest BCUT2D eigenvalue weighted by atomic mass is 10.1. The fourth-order valence-corrected chi connectivity index (χ4v) is 4.57. The molecule has 1 atom stereocenters. The number of aliphatic hydroxyl groups is 1. The Morgan fingerprint density at radius 3 is 2.48 bits per heavy atom. The number of carbonyl (C=O) groups is 1. The highest BCUT2D eigenvalue weighted by Gasteiger charge is 2.36. The van der Waals surface area contributed by atoms with Gasteiger partial charge in [0.15, 0.2) is 5.78 Å². The van der Waals surface area contributed by atoms with Gasteiger partial charge in [-0.15, -0.1) is 13.2 Å². The molecule has 8 heteroatoms. The summed E-state index contributed by atoms with van der Waals surface area (Å²) in [5, 5.41) is 10.2. The maximum atomic E-state index is 12.6. The van der Waals surface area contributed by atoms with Gasteiger partial charge in [-0.3, -0.25) is 9.69 Å². The predicted octanol–water partition coefficient (Wildman–Crippen LogP) is 0.369. The van der Waals surface area contributed by atoms with Gasteiger partial charge in [-0.05, 0) is 12.1 Å². The number of ether oxygens (including phenoxy) is 1. The van der Waals surface area contributed by atoms with Crippen molar-refractivity contribution in [3.63, 3.8) is 0 Å². The molecule has 1 aromatic carbocycles. The van der Waals surface area contributed by atoms with Gasteiger partial charge in [-0.2, -0.15) is 4.31 Å². The third-order valence-corrected chi connectivity index (χ3v) is 5.98. The summed E-state index contributed by atoms with van der Waals surface area (Å²) in [6, 6.07) is 6.20. The van der Waals surface area contributed by atoms with Gasteiger partial charge in [0.1, 0.15) is 0 Å². The third kappa shape index (κ3) is 4.53. The molecule has 138 valence electrons.